The topological polar surface area (TPSA) is 88.1 Å². The Morgan fingerprint density at radius 3 is 2.37 bits per heavy atom. The number of fused-ring (bicyclic) bond motifs is 1. The standard InChI is InChI=1S/C22H23N3O4S/c1-16(17-11-13-19(29-2)14-12-17)23-24-22(26)15-25(30(3,27)28)21-10-6-8-18-7-4-5-9-20(18)21/h4-14H,15H2,1-3H3,(H,24,26)/b23-16-. The minimum Gasteiger partial charge on any atom is -0.497 e. The van der Waals surface area contributed by atoms with Crippen molar-refractivity contribution in [3.8, 4) is 5.75 Å². The summed E-state index contributed by atoms with van der Waals surface area (Å²) in [4.78, 5) is 12.5. The fourth-order valence-corrected chi connectivity index (χ4v) is 3.88. The molecule has 156 valence electrons. The number of methoxy groups -OCH3 is 1. The van der Waals surface area contributed by atoms with Gasteiger partial charge in [-0.1, -0.05) is 36.4 Å². The third-order valence-corrected chi connectivity index (χ3v) is 5.71. The van der Waals surface area contributed by atoms with Gasteiger partial charge in [-0.25, -0.2) is 13.8 Å². The lowest BCUT2D eigenvalue weighted by Crippen LogP contribution is -2.39. The van der Waals surface area contributed by atoms with Crippen LogP contribution in [0.4, 0.5) is 5.69 Å². The molecule has 0 fully saturated rings. The van der Waals surface area contributed by atoms with Crippen LogP contribution in [0, 0.1) is 0 Å². The molecule has 0 bridgehead atoms. The first kappa shape index (κ1) is 21.3. The van der Waals surface area contributed by atoms with Gasteiger partial charge in [0.2, 0.25) is 10.0 Å². The lowest BCUT2D eigenvalue weighted by atomic mass is 10.1. The van der Waals surface area contributed by atoms with E-state index in [1.54, 1.807) is 38.3 Å². The highest BCUT2D eigenvalue weighted by Crippen LogP contribution is 2.28. The van der Waals surface area contributed by atoms with E-state index in [2.05, 4.69) is 10.5 Å². The Balaban J connectivity index is 1.81. The average Bonchev–Trinajstić information content (AvgIpc) is 2.74. The summed E-state index contributed by atoms with van der Waals surface area (Å²) >= 11 is 0. The SMILES string of the molecule is COc1ccc(/C(C)=N\NC(=O)CN(c2cccc3ccccc23)S(C)(=O)=O)cc1. The molecule has 1 N–H and O–H groups in total. The summed E-state index contributed by atoms with van der Waals surface area (Å²) in [7, 11) is -2.11. The molecule has 0 saturated carbocycles. The lowest BCUT2D eigenvalue weighted by molar-refractivity contribution is -0.119. The highest BCUT2D eigenvalue weighted by molar-refractivity contribution is 7.92. The number of hydrazone groups is 1. The predicted octanol–water partition coefficient (Wildman–Crippen LogP) is 3.15. The maximum atomic E-state index is 12.5. The molecule has 0 unspecified atom stereocenters. The van der Waals surface area contributed by atoms with E-state index in [4.69, 9.17) is 4.74 Å². The maximum Gasteiger partial charge on any atom is 0.260 e. The monoisotopic (exact) mass is 425 g/mol. The number of nitrogens with one attached hydrogen (secondary N) is 1. The smallest absolute Gasteiger partial charge is 0.260 e. The van der Waals surface area contributed by atoms with Crippen molar-refractivity contribution >= 4 is 38.1 Å². The van der Waals surface area contributed by atoms with Crippen molar-refractivity contribution < 1.29 is 17.9 Å². The lowest BCUT2D eigenvalue weighted by Gasteiger charge is -2.23. The van der Waals surface area contributed by atoms with Crippen LogP contribution in [0.15, 0.2) is 71.8 Å². The molecule has 0 aliphatic rings. The summed E-state index contributed by atoms with van der Waals surface area (Å²) in [6, 6.07) is 20.0. The molecule has 0 radical (unpaired) electrons. The molecule has 3 aromatic rings. The molecule has 7 nitrogen and oxygen atoms in total. The summed E-state index contributed by atoms with van der Waals surface area (Å²) in [5.41, 5.74) is 4.28. The normalized spacial score (nSPS) is 11.9. The molecule has 8 heteroatoms. The molecular formula is C22H23N3O4S. The van der Waals surface area contributed by atoms with Crippen LogP contribution in [0.5, 0.6) is 5.75 Å². The molecular weight excluding hydrogens is 402 g/mol. The maximum absolute atomic E-state index is 12.5. The largest absolute Gasteiger partial charge is 0.497 e. The molecule has 3 rings (SSSR count). The number of hydrogen-bond donors (Lipinski definition) is 1. The van der Waals surface area contributed by atoms with Gasteiger partial charge in [0.15, 0.2) is 0 Å². The highest BCUT2D eigenvalue weighted by atomic mass is 32.2. The van der Waals surface area contributed by atoms with Gasteiger partial charge in [-0.3, -0.25) is 9.10 Å². The third kappa shape index (κ3) is 4.96. The van der Waals surface area contributed by atoms with Crippen molar-refractivity contribution in [2.45, 2.75) is 6.92 Å². The van der Waals surface area contributed by atoms with E-state index in [0.717, 1.165) is 32.6 Å². The Morgan fingerprint density at radius 1 is 1.03 bits per heavy atom. The van der Waals surface area contributed by atoms with Crippen LogP contribution in [-0.4, -0.2) is 39.9 Å². The molecule has 1 amide bonds. The van der Waals surface area contributed by atoms with Gasteiger partial charge in [0.25, 0.3) is 5.91 Å². The van der Waals surface area contributed by atoms with Crippen LogP contribution in [-0.2, 0) is 14.8 Å². The summed E-state index contributed by atoms with van der Waals surface area (Å²) in [5, 5.41) is 5.73. The molecule has 0 spiro atoms. The molecule has 0 atom stereocenters. The van der Waals surface area contributed by atoms with E-state index in [1.165, 1.54) is 0 Å². The minimum absolute atomic E-state index is 0.383. The van der Waals surface area contributed by atoms with E-state index in [1.807, 2.05) is 42.5 Å². The average molecular weight is 426 g/mol. The Labute approximate surface area is 176 Å². The van der Waals surface area contributed by atoms with Crippen molar-refractivity contribution in [2.24, 2.45) is 5.10 Å². The Kier molecular flexibility index (Phi) is 6.37. The first-order valence-electron chi connectivity index (χ1n) is 9.22. The number of carbonyl (C=O) groups excluding carboxylic acids is 1. The van der Waals surface area contributed by atoms with Gasteiger partial charge in [0.05, 0.1) is 24.8 Å². The summed E-state index contributed by atoms with van der Waals surface area (Å²) in [6.45, 7) is 1.37. The molecule has 0 saturated heterocycles. The zero-order valence-corrected chi connectivity index (χ0v) is 17.8. The molecule has 0 aromatic heterocycles. The Hall–Kier alpha value is -3.39. The number of nitrogens with zero attached hydrogens (tertiary/aromatic N) is 2. The fourth-order valence-electron chi connectivity index (χ4n) is 3.02. The van der Waals surface area contributed by atoms with Gasteiger partial charge in [0.1, 0.15) is 12.3 Å². The molecule has 0 aliphatic heterocycles. The number of amides is 1. The summed E-state index contributed by atoms with van der Waals surface area (Å²) < 4.78 is 31.1. The molecule has 3 aromatic carbocycles. The zero-order chi connectivity index (χ0) is 21.7. The minimum atomic E-state index is -3.69. The van der Waals surface area contributed by atoms with Gasteiger partial charge in [-0.15, -0.1) is 0 Å². The van der Waals surface area contributed by atoms with Crippen molar-refractivity contribution in [2.75, 3.05) is 24.2 Å². The summed E-state index contributed by atoms with van der Waals surface area (Å²) in [5.74, 6) is 0.177. The summed E-state index contributed by atoms with van der Waals surface area (Å²) in [6.07, 6.45) is 1.08. The van der Waals surface area contributed by atoms with Gasteiger partial charge >= 0.3 is 0 Å². The van der Waals surface area contributed by atoms with Crippen LogP contribution in [0.2, 0.25) is 0 Å². The van der Waals surface area contributed by atoms with Gasteiger partial charge < -0.3 is 4.74 Å². The number of hydrogen-bond acceptors (Lipinski definition) is 5. The van der Waals surface area contributed by atoms with Crippen LogP contribution in [0.1, 0.15) is 12.5 Å². The fraction of sp³-hybridized carbons (Fsp3) is 0.182. The zero-order valence-electron chi connectivity index (χ0n) is 17.0. The van der Waals surface area contributed by atoms with E-state index in [9.17, 15) is 13.2 Å². The second-order valence-electron chi connectivity index (χ2n) is 6.73. The number of carbonyl (C=O) groups is 1. The molecule has 0 aliphatic carbocycles. The van der Waals surface area contributed by atoms with E-state index < -0.39 is 15.9 Å². The van der Waals surface area contributed by atoms with E-state index in [-0.39, 0.29) is 6.54 Å². The first-order chi connectivity index (χ1) is 14.3. The van der Waals surface area contributed by atoms with Crippen LogP contribution in [0.3, 0.4) is 0 Å². The van der Waals surface area contributed by atoms with Crippen LogP contribution in [0.25, 0.3) is 10.8 Å². The van der Waals surface area contributed by atoms with Crippen molar-refractivity contribution in [3.63, 3.8) is 0 Å². The van der Waals surface area contributed by atoms with Crippen molar-refractivity contribution in [1.82, 2.24) is 5.43 Å². The Morgan fingerprint density at radius 2 is 1.70 bits per heavy atom. The van der Waals surface area contributed by atoms with Gasteiger partial charge in [-0.2, -0.15) is 5.10 Å². The van der Waals surface area contributed by atoms with Crippen molar-refractivity contribution in [1.29, 1.82) is 0 Å². The molecule has 30 heavy (non-hydrogen) atoms. The number of rotatable bonds is 7. The van der Waals surface area contributed by atoms with Gasteiger partial charge in [0, 0.05) is 5.39 Å². The van der Waals surface area contributed by atoms with Crippen molar-refractivity contribution in [3.05, 3.63) is 72.3 Å². The second kappa shape index (κ2) is 8.96. The second-order valence-corrected chi connectivity index (χ2v) is 8.64. The third-order valence-electron chi connectivity index (χ3n) is 4.58. The highest BCUT2D eigenvalue weighted by Gasteiger charge is 2.22. The predicted molar refractivity (Wildman–Crippen MR) is 119 cm³/mol. The number of ether oxygens (including phenoxy) is 1. The molecule has 0 heterocycles. The van der Waals surface area contributed by atoms with Crippen LogP contribution >= 0.6 is 0 Å². The quantitative estimate of drug-likeness (QED) is 0.465. The number of anilines is 1. The van der Waals surface area contributed by atoms with Crippen LogP contribution < -0.4 is 14.5 Å². The van der Waals surface area contributed by atoms with E-state index in [0.29, 0.717) is 11.4 Å². The van der Waals surface area contributed by atoms with E-state index >= 15 is 0 Å². The van der Waals surface area contributed by atoms with Gasteiger partial charge in [-0.05, 0) is 48.2 Å². The Bertz CT molecular complexity index is 1180. The first-order valence-corrected chi connectivity index (χ1v) is 11.1. The number of sulfonamides is 1. The number of benzene rings is 3.